The SMILES string of the molecule is CCNC(=O)NS(=O)(=O)c1cnn2c(NCc3ccccc3)c(C(=O)N3CCC(c4ccccc4)CC3)cnc12. The maximum Gasteiger partial charge on any atom is 0.328 e. The van der Waals surface area contributed by atoms with Gasteiger partial charge >= 0.3 is 6.03 Å². The molecule has 1 aliphatic heterocycles. The third-order valence-electron chi connectivity index (χ3n) is 6.93. The molecule has 0 radical (unpaired) electrons. The van der Waals surface area contributed by atoms with Gasteiger partial charge in [0, 0.05) is 32.4 Å². The second kappa shape index (κ2) is 11.7. The molecule has 5 rings (SSSR count). The second-order valence-corrected chi connectivity index (χ2v) is 11.2. The Morgan fingerprint density at radius 2 is 1.65 bits per heavy atom. The summed E-state index contributed by atoms with van der Waals surface area (Å²) in [6.07, 6.45) is 4.18. The van der Waals surface area contributed by atoms with Crippen LogP contribution >= 0.6 is 0 Å². The van der Waals surface area contributed by atoms with Crippen LogP contribution in [0.3, 0.4) is 0 Å². The van der Waals surface area contributed by atoms with E-state index in [1.54, 1.807) is 11.8 Å². The van der Waals surface area contributed by atoms with Crippen LogP contribution in [0.25, 0.3) is 5.65 Å². The zero-order valence-electron chi connectivity index (χ0n) is 22.1. The number of nitrogens with zero attached hydrogens (tertiary/aromatic N) is 4. The number of amides is 3. The van der Waals surface area contributed by atoms with Crippen LogP contribution in [0.1, 0.15) is 47.2 Å². The van der Waals surface area contributed by atoms with Crippen LogP contribution < -0.4 is 15.4 Å². The highest BCUT2D eigenvalue weighted by Gasteiger charge is 2.29. The average Bonchev–Trinajstić information content (AvgIpc) is 3.42. The van der Waals surface area contributed by atoms with Gasteiger partial charge in [0.15, 0.2) is 10.5 Å². The van der Waals surface area contributed by atoms with E-state index >= 15 is 0 Å². The van der Waals surface area contributed by atoms with Crippen molar-refractivity contribution in [2.24, 2.45) is 0 Å². The topological polar surface area (TPSA) is 138 Å². The normalized spacial score (nSPS) is 14.2. The summed E-state index contributed by atoms with van der Waals surface area (Å²) >= 11 is 0. The number of benzene rings is 2. The fourth-order valence-corrected chi connectivity index (χ4v) is 5.88. The van der Waals surface area contributed by atoms with Crippen LogP contribution in [0.2, 0.25) is 0 Å². The molecule has 1 saturated heterocycles. The van der Waals surface area contributed by atoms with Crippen molar-refractivity contribution in [3.8, 4) is 0 Å². The van der Waals surface area contributed by atoms with Crippen molar-refractivity contribution in [3.05, 3.63) is 89.7 Å². The fourth-order valence-electron chi connectivity index (χ4n) is 4.89. The molecule has 2 aromatic carbocycles. The lowest BCUT2D eigenvalue weighted by molar-refractivity contribution is 0.0713. The summed E-state index contributed by atoms with van der Waals surface area (Å²) in [4.78, 5) is 31.5. The van der Waals surface area contributed by atoms with Crippen LogP contribution in [0.15, 0.2) is 78.0 Å². The quantitative estimate of drug-likeness (QED) is 0.300. The van der Waals surface area contributed by atoms with E-state index in [2.05, 4.69) is 32.8 Å². The second-order valence-electron chi connectivity index (χ2n) is 9.55. The molecule has 4 aromatic rings. The molecule has 11 nitrogen and oxygen atoms in total. The number of hydrogen-bond donors (Lipinski definition) is 3. The minimum Gasteiger partial charge on any atom is -0.365 e. The molecule has 0 aliphatic carbocycles. The van der Waals surface area contributed by atoms with Crippen molar-refractivity contribution in [2.45, 2.75) is 37.1 Å². The molecule has 1 aliphatic rings. The van der Waals surface area contributed by atoms with Gasteiger partial charge in [-0.15, -0.1) is 0 Å². The summed E-state index contributed by atoms with van der Waals surface area (Å²) in [6, 6.07) is 19.1. The van der Waals surface area contributed by atoms with Gasteiger partial charge in [0.1, 0.15) is 11.4 Å². The van der Waals surface area contributed by atoms with Crippen molar-refractivity contribution < 1.29 is 18.0 Å². The Bertz CT molecular complexity index is 1600. The first kappa shape index (κ1) is 27.1. The molecule has 208 valence electrons. The molecule has 12 heteroatoms. The third kappa shape index (κ3) is 5.76. The number of carbonyl (C=O) groups is 2. The number of likely N-dealkylation sites (tertiary alicyclic amines) is 1. The van der Waals surface area contributed by atoms with Gasteiger partial charge in [-0.2, -0.15) is 9.61 Å². The summed E-state index contributed by atoms with van der Waals surface area (Å²) in [5.74, 6) is 0.498. The highest BCUT2D eigenvalue weighted by molar-refractivity contribution is 7.90. The van der Waals surface area contributed by atoms with E-state index in [9.17, 15) is 18.0 Å². The van der Waals surface area contributed by atoms with Crippen molar-refractivity contribution in [1.29, 1.82) is 0 Å². The monoisotopic (exact) mass is 561 g/mol. The van der Waals surface area contributed by atoms with Crippen molar-refractivity contribution in [2.75, 3.05) is 25.0 Å². The van der Waals surface area contributed by atoms with Gasteiger partial charge in [0.2, 0.25) is 0 Å². The number of carbonyl (C=O) groups excluding carboxylic acids is 2. The van der Waals surface area contributed by atoms with Gasteiger partial charge in [-0.1, -0.05) is 60.7 Å². The van der Waals surface area contributed by atoms with E-state index in [0.29, 0.717) is 31.4 Å². The van der Waals surface area contributed by atoms with Crippen LogP contribution in [0.5, 0.6) is 0 Å². The summed E-state index contributed by atoms with van der Waals surface area (Å²) in [5.41, 5.74) is 2.51. The van der Waals surface area contributed by atoms with Gasteiger partial charge in [0.25, 0.3) is 15.9 Å². The van der Waals surface area contributed by atoms with Crippen LogP contribution in [0.4, 0.5) is 10.6 Å². The lowest BCUT2D eigenvalue weighted by Crippen LogP contribution is -2.39. The molecule has 1 fully saturated rings. The molecule has 3 heterocycles. The molecular formula is C28H31N7O4S. The summed E-state index contributed by atoms with van der Waals surface area (Å²) < 4.78 is 29.1. The highest BCUT2D eigenvalue weighted by atomic mass is 32.2. The predicted molar refractivity (Wildman–Crippen MR) is 150 cm³/mol. The Balaban J connectivity index is 1.45. The van der Waals surface area contributed by atoms with Crippen molar-refractivity contribution in [1.82, 2.24) is 29.5 Å². The Hall–Kier alpha value is -4.45. The summed E-state index contributed by atoms with van der Waals surface area (Å²) in [5, 5.41) is 9.93. The standard InChI is InChI=1S/C28H31N7O4S/c1-2-29-28(37)33-40(38,39)24-19-32-35-25(30-17-20-9-5-3-6-10-20)23(18-31-26(24)35)27(36)34-15-13-22(14-16-34)21-11-7-4-8-12-21/h3-12,18-19,22,30H,2,13-17H2,1H3,(H2,29,33,37). The van der Waals surface area contributed by atoms with E-state index in [4.69, 9.17) is 0 Å². The van der Waals surface area contributed by atoms with Gasteiger partial charge in [-0.05, 0) is 36.8 Å². The van der Waals surface area contributed by atoms with Crippen molar-refractivity contribution >= 4 is 33.4 Å². The van der Waals surface area contributed by atoms with Gasteiger partial charge in [-0.3, -0.25) is 4.79 Å². The molecule has 0 unspecified atom stereocenters. The van der Waals surface area contributed by atoms with Crippen molar-refractivity contribution in [3.63, 3.8) is 0 Å². The summed E-state index contributed by atoms with van der Waals surface area (Å²) in [7, 11) is -4.27. The number of aromatic nitrogens is 3. The Morgan fingerprint density at radius 1 is 0.975 bits per heavy atom. The number of fused-ring (bicyclic) bond motifs is 1. The number of sulfonamides is 1. The van der Waals surface area contributed by atoms with Gasteiger partial charge in [0.05, 0.1) is 6.20 Å². The largest absolute Gasteiger partial charge is 0.365 e. The first-order valence-electron chi connectivity index (χ1n) is 13.2. The molecule has 3 N–H and O–H groups in total. The first-order valence-corrected chi connectivity index (χ1v) is 14.6. The third-order valence-corrected chi connectivity index (χ3v) is 8.26. The zero-order valence-corrected chi connectivity index (χ0v) is 22.9. The minimum absolute atomic E-state index is 0.00769. The van der Waals surface area contributed by atoms with E-state index < -0.39 is 16.1 Å². The zero-order chi connectivity index (χ0) is 28.1. The molecule has 0 spiro atoms. The van der Waals surface area contributed by atoms with Crippen LogP contribution in [-0.4, -0.2) is 59.5 Å². The smallest absolute Gasteiger partial charge is 0.328 e. The average molecular weight is 562 g/mol. The molecule has 0 bridgehead atoms. The van der Waals surface area contributed by atoms with Gasteiger partial charge < -0.3 is 15.5 Å². The molecule has 3 amide bonds. The van der Waals surface area contributed by atoms with E-state index in [0.717, 1.165) is 24.6 Å². The highest BCUT2D eigenvalue weighted by Crippen LogP contribution is 2.30. The van der Waals surface area contributed by atoms with Crippen LogP contribution in [0, 0.1) is 0 Å². The number of anilines is 1. The first-order chi connectivity index (χ1) is 19.4. The number of nitrogens with one attached hydrogen (secondary N) is 3. The number of urea groups is 1. The number of rotatable bonds is 8. The van der Waals surface area contributed by atoms with Crippen LogP contribution in [-0.2, 0) is 16.6 Å². The molecule has 40 heavy (non-hydrogen) atoms. The Kier molecular flexibility index (Phi) is 7.96. The molecule has 0 saturated carbocycles. The van der Waals surface area contributed by atoms with E-state index in [1.807, 2.05) is 53.3 Å². The lowest BCUT2D eigenvalue weighted by Gasteiger charge is -2.32. The molecular weight excluding hydrogens is 530 g/mol. The van der Waals surface area contributed by atoms with E-state index in [-0.39, 0.29) is 28.6 Å². The maximum atomic E-state index is 13.8. The lowest BCUT2D eigenvalue weighted by atomic mass is 9.89. The summed E-state index contributed by atoms with van der Waals surface area (Å²) in [6.45, 7) is 3.48. The minimum atomic E-state index is -4.27. The molecule has 2 aromatic heterocycles. The molecule has 0 atom stereocenters. The predicted octanol–water partition coefficient (Wildman–Crippen LogP) is 3.37. The van der Waals surface area contributed by atoms with E-state index in [1.165, 1.54) is 16.3 Å². The number of hydrogen-bond acceptors (Lipinski definition) is 7. The Labute approximate surface area is 232 Å². The maximum absolute atomic E-state index is 13.8. The van der Waals surface area contributed by atoms with Gasteiger partial charge in [-0.25, -0.2) is 22.9 Å². The Morgan fingerprint density at radius 3 is 2.33 bits per heavy atom. The number of piperidine rings is 1. The fraction of sp³-hybridized carbons (Fsp3) is 0.286.